The zero-order valence-corrected chi connectivity index (χ0v) is 20.4. The summed E-state index contributed by atoms with van der Waals surface area (Å²) in [6.07, 6.45) is 0.632. The molecule has 0 unspecified atom stereocenters. The predicted molar refractivity (Wildman–Crippen MR) is 130 cm³/mol. The van der Waals surface area contributed by atoms with Crippen molar-refractivity contribution in [2.75, 3.05) is 7.11 Å². The largest absolute Gasteiger partial charge is 0.504 e. The highest BCUT2D eigenvalue weighted by Gasteiger charge is 2.41. The predicted octanol–water partition coefficient (Wildman–Crippen LogP) is 5.37. The van der Waals surface area contributed by atoms with Crippen molar-refractivity contribution in [1.29, 1.82) is 0 Å². The number of ether oxygens (including phenoxy) is 2. The van der Waals surface area contributed by atoms with Crippen molar-refractivity contribution in [1.82, 2.24) is 5.32 Å². The number of rotatable bonds is 5. The topological polar surface area (TPSA) is 84.9 Å². The van der Waals surface area contributed by atoms with Gasteiger partial charge in [-0.2, -0.15) is 0 Å². The number of phenols is 1. The van der Waals surface area contributed by atoms with E-state index in [-0.39, 0.29) is 29.3 Å². The summed E-state index contributed by atoms with van der Waals surface area (Å²) < 4.78 is 10.8. The Balaban J connectivity index is 1.82. The van der Waals surface area contributed by atoms with Gasteiger partial charge in [0.05, 0.1) is 18.8 Å². The number of esters is 1. The van der Waals surface area contributed by atoms with Crippen molar-refractivity contribution in [3.8, 4) is 11.5 Å². The minimum atomic E-state index is -0.629. The molecule has 6 nitrogen and oxygen atoms in total. The number of allylic oxidation sites excluding steroid dienone is 3. The van der Waals surface area contributed by atoms with Crippen LogP contribution in [0.25, 0.3) is 0 Å². The number of hydrogen-bond donors (Lipinski definition) is 2. The van der Waals surface area contributed by atoms with E-state index in [0.29, 0.717) is 40.3 Å². The summed E-state index contributed by atoms with van der Waals surface area (Å²) in [7, 11) is 1.46. The van der Waals surface area contributed by atoms with E-state index in [2.05, 4.69) is 5.32 Å². The molecule has 2 N–H and O–H groups in total. The van der Waals surface area contributed by atoms with Crippen LogP contribution in [-0.4, -0.2) is 30.1 Å². The first-order chi connectivity index (χ1) is 16.2. The number of benzene rings is 2. The van der Waals surface area contributed by atoms with Crippen LogP contribution < -0.4 is 10.1 Å². The maximum atomic E-state index is 13.6. The molecule has 0 fully saturated rings. The molecule has 2 aromatic carbocycles. The van der Waals surface area contributed by atoms with Crippen LogP contribution in [0.2, 0.25) is 5.02 Å². The molecule has 0 saturated heterocycles. The fourth-order valence-electron chi connectivity index (χ4n) is 4.76. The Morgan fingerprint density at radius 3 is 2.44 bits per heavy atom. The first-order valence-corrected chi connectivity index (χ1v) is 11.6. The molecular weight excluding hydrogens is 454 g/mol. The number of aromatic hydroxyl groups is 1. The molecule has 2 atom stereocenters. The Labute approximate surface area is 204 Å². The molecule has 0 aromatic heterocycles. The molecule has 7 heteroatoms. The number of ketones is 1. The summed E-state index contributed by atoms with van der Waals surface area (Å²) in [5, 5.41) is 14.1. The summed E-state index contributed by atoms with van der Waals surface area (Å²) in [4.78, 5) is 26.8. The van der Waals surface area contributed by atoms with Crippen LogP contribution in [0.3, 0.4) is 0 Å². The van der Waals surface area contributed by atoms with E-state index in [1.807, 2.05) is 31.2 Å². The fraction of sp³-hybridized carbons (Fsp3) is 0.333. The number of Topliss-reactive ketones (excluding diaryl/α,β-unsaturated/α-hetero) is 1. The molecule has 4 rings (SSSR count). The summed E-state index contributed by atoms with van der Waals surface area (Å²) in [6, 6.07) is 12.5. The molecule has 2 aromatic rings. The molecule has 0 bridgehead atoms. The number of nitrogens with one attached hydrogen (secondary N) is 1. The second-order valence-electron chi connectivity index (χ2n) is 8.95. The van der Waals surface area contributed by atoms with E-state index in [1.165, 1.54) is 13.2 Å². The number of methoxy groups -OCH3 is 1. The van der Waals surface area contributed by atoms with E-state index in [4.69, 9.17) is 21.1 Å². The first kappa shape index (κ1) is 23.9. The van der Waals surface area contributed by atoms with Gasteiger partial charge in [-0.1, -0.05) is 29.8 Å². The summed E-state index contributed by atoms with van der Waals surface area (Å²) in [5.74, 6) is -0.878. The molecule has 1 aliphatic heterocycles. The monoisotopic (exact) mass is 481 g/mol. The van der Waals surface area contributed by atoms with Gasteiger partial charge >= 0.3 is 5.97 Å². The van der Waals surface area contributed by atoms with Crippen LogP contribution in [-0.2, 0) is 14.3 Å². The van der Waals surface area contributed by atoms with Gasteiger partial charge in [-0.05, 0) is 68.5 Å². The van der Waals surface area contributed by atoms with E-state index in [0.717, 1.165) is 11.3 Å². The Bertz CT molecular complexity index is 1200. The fourth-order valence-corrected chi connectivity index (χ4v) is 4.89. The minimum absolute atomic E-state index is 0.00276. The molecule has 1 aliphatic carbocycles. The maximum absolute atomic E-state index is 13.6. The van der Waals surface area contributed by atoms with Crippen LogP contribution in [0.1, 0.15) is 56.6 Å². The second kappa shape index (κ2) is 9.55. The minimum Gasteiger partial charge on any atom is -0.504 e. The Morgan fingerprint density at radius 2 is 1.79 bits per heavy atom. The molecule has 0 spiro atoms. The number of halogens is 1. The molecule has 0 amide bonds. The zero-order valence-electron chi connectivity index (χ0n) is 19.6. The van der Waals surface area contributed by atoms with Crippen molar-refractivity contribution < 1.29 is 24.2 Å². The summed E-state index contributed by atoms with van der Waals surface area (Å²) in [5.41, 5.74) is 4.10. The van der Waals surface area contributed by atoms with Crippen LogP contribution in [0.15, 0.2) is 65.0 Å². The third-order valence-electron chi connectivity index (χ3n) is 6.27. The molecule has 1 heterocycles. The van der Waals surface area contributed by atoms with Gasteiger partial charge in [0.1, 0.15) is 0 Å². The molecule has 0 radical (unpaired) electrons. The van der Waals surface area contributed by atoms with Gasteiger partial charge in [-0.3, -0.25) is 4.79 Å². The molecule has 34 heavy (non-hydrogen) atoms. The maximum Gasteiger partial charge on any atom is 0.337 e. The van der Waals surface area contributed by atoms with E-state index in [9.17, 15) is 14.7 Å². The van der Waals surface area contributed by atoms with Crippen LogP contribution >= 0.6 is 11.6 Å². The van der Waals surface area contributed by atoms with Crippen molar-refractivity contribution in [3.05, 3.63) is 81.2 Å². The van der Waals surface area contributed by atoms with Crippen LogP contribution in [0, 0.1) is 0 Å². The van der Waals surface area contributed by atoms with E-state index < -0.39 is 11.9 Å². The number of phenolic OH excluding ortho intramolecular Hbond substituents is 1. The van der Waals surface area contributed by atoms with Gasteiger partial charge < -0.3 is 19.9 Å². The summed E-state index contributed by atoms with van der Waals surface area (Å²) in [6.45, 7) is 5.40. The third-order valence-corrected chi connectivity index (χ3v) is 6.52. The van der Waals surface area contributed by atoms with Crippen LogP contribution in [0.5, 0.6) is 11.5 Å². The van der Waals surface area contributed by atoms with Gasteiger partial charge in [-0.15, -0.1) is 0 Å². The lowest BCUT2D eigenvalue weighted by Crippen LogP contribution is -2.36. The zero-order chi connectivity index (χ0) is 24.6. The molecule has 178 valence electrons. The highest BCUT2D eigenvalue weighted by molar-refractivity contribution is 6.30. The van der Waals surface area contributed by atoms with Crippen molar-refractivity contribution in [3.63, 3.8) is 0 Å². The Hall–Kier alpha value is -3.25. The average molecular weight is 482 g/mol. The number of hydrogen-bond acceptors (Lipinski definition) is 6. The lowest BCUT2D eigenvalue weighted by molar-refractivity contribution is -0.143. The number of carbonyl (C=O) groups is 2. The quantitative estimate of drug-likeness (QED) is 0.559. The average Bonchev–Trinajstić information content (AvgIpc) is 2.78. The molecule has 0 saturated carbocycles. The van der Waals surface area contributed by atoms with Gasteiger partial charge in [0.25, 0.3) is 0 Å². The van der Waals surface area contributed by atoms with Gasteiger partial charge in [0, 0.05) is 34.3 Å². The Kier molecular flexibility index (Phi) is 6.71. The van der Waals surface area contributed by atoms with Crippen molar-refractivity contribution in [2.24, 2.45) is 0 Å². The SMILES string of the molecule is COc1cc([C@@H]2C(C(=O)OC(C)C)=C(C)NC3=C2C(=O)C[C@@H](c2ccc(Cl)cc2)C3)ccc1O. The van der Waals surface area contributed by atoms with E-state index >= 15 is 0 Å². The molecular formula is C27H28ClNO5. The highest BCUT2D eigenvalue weighted by Crippen LogP contribution is 2.47. The van der Waals surface area contributed by atoms with E-state index in [1.54, 1.807) is 26.0 Å². The molecule has 2 aliphatic rings. The second-order valence-corrected chi connectivity index (χ2v) is 9.39. The first-order valence-electron chi connectivity index (χ1n) is 11.3. The summed E-state index contributed by atoms with van der Waals surface area (Å²) >= 11 is 6.05. The van der Waals surface area contributed by atoms with Crippen LogP contribution in [0.4, 0.5) is 0 Å². The van der Waals surface area contributed by atoms with Crippen molar-refractivity contribution >= 4 is 23.4 Å². The lowest BCUT2D eigenvalue weighted by Gasteiger charge is -2.37. The number of carbonyl (C=O) groups excluding carboxylic acids is 2. The smallest absolute Gasteiger partial charge is 0.337 e. The highest BCUT2D eigenvalue weighted by atomic mass is 35.5. The lowest BCUT2D eigenvalue weighted by atomic mass is 9.71. The standard InChI is InChI=1S/C27H28ClNO5/c1-14(2)34-27(32)24-15(3)29-20-11-18(16-5-8-19(28)9-6-16)12-22(31)26(20)25(24)17-7-10-21(30)23(13-17)33-4/h5-10,13-14,18,25,29-30H,11-12H2,1-4H3/t18-,25+/m0/s1. The van der Waals surface area contributed by atoms with Gasteiger partial charge in [0.15, 0.2) is 17.3 Å². The van der Waals surface area contributed by atoms with Gasteiger partial charge in [0.2, 0.25) is 0 Å². The normalized spacial score (nSPS) is 20.2. The Morgan fingerprint density at radius 1 is 1.12 bits per heavy atom. The third kappa shape index (κ3) is 4.55. The number of dihydropyridines is 1. The van der Waals surface area contributed by atoms with Gasteiger partial charge in [-0.25, -0.2) is 4.79 Å². The van der Waals surface area contributed by atoms with Crippen molar-refractivity contribution in [2.45, 2.75) is 51.6 Å².